The number of nitrogens with two attached hydrogens (primary N) is 1. The van der Waals surface area contributed by atoms with Crippen molar-refractivity contribution in [2.45, 2.75) is 25.6 Å². The molecule has 0 aliphatic carbocycles. The highest BCUT2D eigenvalue weighted by atomic mass is 16.8. The van der Waals surface area contributed by atoms with Gasteiger partial charge in [-0.15, -0.1) is 0 Å². The molecule has 0 saturated carbocycles. The van der Waals surface area contributed by atoms with Crippen LogP contribution in [0.2, 0.25) is 0 Å². The van der Waals surface area contributed by atoms with Crippen LogP contribution in [0.15, 0.2) is 53.1 Å². The maximum absolute atomic E-state index is 12.6. The zero-order chi connectivity index (χ0) is 20.2. The van der Waals surface area contributed by atoms with E-state index in [1.165, 1.54) is 13.8 Å². The van der Waals surface area contributed by atoms with Gasteiger partial charge >= 0.3 is 5.97 Å². The molecule has 0 bridgehead atoms. The van der Waals surface area contributed by atoms with E-state index in [0.717, 1.165) is 0 Å². The van der Waals surface area contributed by atoms with Crippen molar-refractivity contribution in [3.63, 3.8) is 0 Å². The van der Waals surface area contributed by atoms with Gasteiger partial charge in [0.1, 0.15) is 23.3 Å². The molecule has 1 heterocycles. The van der Waals surface area contributed by atoms with Crippen LogP contribution >= 0.6 is 0 Å². The van der Waals surface area contributed by atoms with E-state index in [1.54, 1.807) is 42.5 Å². The van der Waals surface area contributed by atoms with Crippen LogP contribution in [0, 0.1) is 39.9 Å². The van der Waals surface area contributed by atoms with E-state index in [-0.39, 0.29) is 11.3 Å². The fourth-order valence-corrected chi connectivity index (χ4v) is 2.75. The summed E-state index contributed by atoms with van der Waals surface area (Å²) in [5.41, 5.74) is 5.27. The lowest BCUT2D eigenvalue weighted by atomic mass is 9.78. The molecule has 0 radical (unpaired) electrons. The molecule has 0 aromatic heterocycles. The second kappa shape index (κ2) is 7.51. The first-order valence-corrected chi connectivity index (χ1v) is 7.85. The van der Waals surface area contributed by atoms with Gasteiger partial charge < -0.3 is 20.3 Å². The van der Waals surface area contributed by atoms with Crippen molar-refractivity contribution in [2.75, 3.05) is 0 Å². The molecule has 3 N–H and O–H groups in total. The Morgan fingerprint density at radius 3 is 2.22 bits per heavy atom. The highest BCUT2D eigenvalue weighted by Crippen LogP contribution is 2.40. The van der Waals surface area contributed by atoms with Gasteiger partial charge in [0.15, 0.2) is 0 Å². The quantitative estimate of drug-likeness (QED) is 0.609. The number of nitrogens with zero attached hydrogens (tertiary/aromatic N) is 3. The highest BCUT2D eigenvalue weighted by molar-refractivity contribution is 5.91. The van der Waals surface area contributed by atoms with Gasteiger partial charge in [-0.25, -0.2) is 4.79 Å². The highest BCUT2D eigenvalue weighted by Gasteiger charge is 2.44. The minimum absolute atomic E-state index is 0.311. The number of carbonyl (C=O) groups excluding carboxylic acids is 1. The Morgan fingerprint density at radius 1 is 1.15 bits per heavy atom. The van der Waals surface area contributed by atoms with E-state index in [0.29, 0.717) is 5.56 Å². The number of aliphatic hydroxyl groups excluding tert-OH is 1. The van der Waals surface area contributed by atoms with Gasteiger partial charge in [0, 0.05) is 19.8 Å². The van der Waals surface area contributed by atoms with E-state index >= 15 is 0 Å². The predicted molar refractivity (Wildman–Crippen MR) is 91.6 cm³/mol. The smallest absolute Gasteiger partial charge is 0.345 e. The number of esters is 1. The standard InChI is InChI=1S/C19H16N4O4/c1-19(2)26-17(24)15(18(25)27-19)14(11-6-4-3-5-7-11)13(10-22)16(23)12(8-20)9-21/h3-7,13-14,24H,23H2,1-2H3/t13-,14+/m1/s1. The van der Waals surface area contributed by atoms with Gasteiger partial charge in [-0.3, -0.25) is 0 Å². The molecule has 2 atom stereocenters. The maximum atomic E-state index is 12.6. The molecule has 1 aromatic rings. The molecule has 1 aliphatic heterocycles. The van der Waals surface area contributed by atoms with Crippen LogP contribution in [0.25, 0.3) is 0 Å². The number of cyclic esters (lactones) is 1. The van der Waals surface area contributed by atoms with Crippen LogP contribution in [0.4, 0.5) is 0 Å². The number of rotatable bonds is 4. The zero-order valence-corrected chi connectivity index (χ0v) is 14.6. The summed E-state index contributed by atoms with van der Waals surface area (Å²) in [5.74, 6) is -5.39. The van der Waals surface area contributed by atoms with Crippen molar-refractivity contribution in [1.29, 1.82) is 15.8 Å². The van der Waals surface area contributed by atoms with E-state index < -0.39 is 35.1 Å². The largest absolute Gasteiger partial charge is 0.480 e. The van der Waals surface area contributed by atoms with Gasteiger partial charge in [0.05, 0.1) is 17.7 Å². The van der Waals surface area contributed by atoms with Crippen LogP contribution < -0.4 is 5.73 Å². The summed E-state index contributed by atoms with van der Waals surface area (Å²) in [6.45, 7) is 2.88. The topological polar surface area (TPSA) is 153 Å². The molecule has 8 nitrogen and oxygen atoms in total. The summed E-state index contributed by atoms with van der Waals surface area (Å²) < 4.78 is 10.4. The van der Waals surface area contributed by atoms with Crippen LogP contribution in [0.5, 0.6) is 0 Å². The predicted octanol–water partition coefficient (Wildman–Crippen LogP) is 2.25. The number of benzene rings is 1. The molecule has 0 unspecified atom stereocenters. The summed E-state index contributed by atoms with van der Waals surface area (Å²) in [6, 6.07) is 13.5. The Labute approximate surface area is 155 Å². The van der Waals surface area contributed by atoms with Crippen molar-refractivity contribution in [2.24, 2.45) is 11.7 Å². The van der Waals surface area contributed by atoms with Gasteiger partial charge in [0.25, 0.3) is 11.7 Å². The monoisotopic (exact) mass is 364 g/mol. The SMILES string of the molecule is CC1(C)OC(=O)C([C@@H](c2ccccc2)[C@@H](C#N)C(N)=C(C#N)C#N)=C(O)O1. The van der Waals surface area contributed by atoms with E-state index in [1.807, 2.05) is 6.07 Å². The molecule has 0 spiro atoms. The maximum Gasteiger partial charge on any atom is 0.345 e. The molecular weight excluding hydrogens is 348 g/mol. The molecular formula is C19H16N4O4. The van der Waals surface area contributed by atoms with Crippen molar-refractivity contribution in [3.05, 3.63) is 58.7 Å². The first kappa shape index (κ1) is 19.4. The zero-order valence-electron chi connectivity index (χ0n) is 14.6. The van der Waals surface area contributed by atoms with Crippen LogP contribution in [-0.2, 0) is 14.3 Å². The molecule has 136 valence electrons. The molecule has 0 amide bonds. The van der Waals surface area contributed by atoms with Gasteiger partial charge in [-0.2, -0.15) is 15.8 Å². The molecule has 0 fully saturated rings. The number of aliphatic hydroxyl groups is 1. The summed E-state index contributed by atoms with van der Waals surface area (Å²) in [5, 5.41) is 38.2. The van der Waals surface area contributed by atoms with E-state index in [9.17, 15) is 15.2 Å². The summed E-state index contributed by atoms with van der Waals surface area (Å²) >= 11 is 0. The van der Waals surface area contributed by atoms with E-state index in [4.69, 9.17) is 25.7 Å². The minimum atomic E-state index is -1.39. The molecule has 0 saturated heterocycles. The fraction of sp³-hybridized carbons (Fsp3) is 0.263. The minimum Gasteiger partial charge on any atom is -0.480 e. The molecule has 1 aromatic carbocycles. The Bertz CT molecular complexity index is 927. The second-order valence-electron chi connectivity index (χ2n) is 6.16. The number of nitriles is 3. The average molecular weight is 364 g/mol. The van der Waals surface area contributed by atoms with Crippen molar-refractivity contribution < 1.29 is 19.4 Å². The number of hydrogen-bond donors (Lipinski definition) is 2. The van der Waals surface area contributed by atoms with Crippen molar-refractivity contribution in [3.8, 4) is 18.2 Å². The lowest BCUT2D eigenvalue weighted by molar-refractivity contribution is -0.222. The fourth-order valence-electron chi connectivity index (χ4n) is 2.75. The average Bonchev–Trinajstić information content (AvgIpc) is 2.61. The Kier molecular flexibility index (Phi) is 5.39. The van der Waals surface area contributed by atoms with Crippen LogP contribution in [0.3, 0.4) is 0 Å². The third-order valence-corrected chi connectivity index (χ3v) is 3.92. The molecule has 8 heteroatoms. The summed E-state index contributed by atoms with van der Waals surface area (Å²) in [6.07, 6.45) is 0. The molecule has 2 rings (SSSR count). The molecule has 27 heavy (non-hydrogen) atoms. The van der Waals surface area contributed by atoms with E-state index in [2.05, 4.69) is 0 Å². The van der Waals surface area contributed by atoms with Crippen molar-refractivity contribution >= 4 is 5.97 Å². The van der Waals surface area contributed by atoms with Crippen molar-refractivity contribution in [1.82, 2.24) is 0 Å². The number of carbonyl (C=O) groups is 1. The third kappa shape index (κ3) is 3.84. The first-order valence-electron chi connectivity index (χ1n) is 7.85. The molecule has 1 aliphatic rings. The lowest BCUT2D eigenvalue weighted by Gasteiger charge is -2.34. The Balaban J connectivity index is 2.73. The summed E-state index contributed by atoms with van der Waals surface area (Å²) in [7, 11) is 0. The van der Waals surface area contributed by atoms with Gasteiger partial charge in [0.2, 0.25) is 0 Å². The van der Waals surface area contributed by atoms with Crippen LogP contribution in [-0.4, -0.2) is 16.9 Å². The Morgan fingerprint density at radius 2 is 1.74 bits per heavy atom. The number of allylic oxidation sites excluding steroid dienone is 2. The lowest BCUT2D eigenvalue weighted by Crippen LogP contribution is -2.39. The summed E-state index contributed by atoms with van der Waals surface area (Å²) in [4.78, 5) is 12.6. The van der Waals surface area contributed by atoms with Crippen LogP contribution in [0.1, 0.15) is 25.3 Å². The third-order valence-electron chi connectivity index (χ3n) is 3.92. The number of ether oxygens (including phenoxy) is 2. The number of hydrogen-bond acceptors (Lipinski definition) is 8. The normalized spacial score (nSPS) is 17.2. The second-order valence-corrected chi connectivity index (χ2v) is 6.16. The first-order chi connectivity index (χ1) is 12.8. The van der Waals surface area contributed by atoms with Gasteiger partial charge in [-0.05, 0) is 5.56 Å². The van der Waals surface area contributed by atoms with Gasteiger partial charge in [-0.1, -0.05) is 30.3 Å². The Hall–Kier alpha value is -3.96.